The van der Waals surface area contributed by atoms with Gasteiger partial charge >= 0.3 is 0 Å². The van der Waals surface area contributed by atoms with Crippen molar-refractivity contribution in [2.24, 2.45) is 0 Å². The maximum absolute atomic E-state index is 12.4. The smallest absolute Gasteiger partial charge is 0.249 e. The second kappa shape index (κ2) is 4.82. The minimum absolute atomic E-state index is 0.0603. The molecule has 2 aliphatic rings. The van der Waals surface area contributed by atoms with Gasteiger partial charge in [0.25, 0.3) is 0 Å². The van der Waals surface area contributed by atoms with Gasteiger partial charge in [-0.2, -0.15) is 0 Å². The maximum Gasteiger partial charge on any atom is 0.249 e. The van der Waals surface area contributed by atoms with Gasteiger partial charge in [0.15, 0.2) is 0 Å². The molecule has 102 valence electrons. The van der Waals surface area contributed by atoms with E-state index in [1.807, 2.05) is 26.1 Å². The number of carbonyl (C=O) groups excluding carboxylic acids is 1. The van der Waals surface area contributed by atoms with Crippen molar-refractivity contribution in [1.29, 1.82) is 0 Å². The van der Waals surface area contributed by atoms with Crippen LogP contribution in [0.2, 0.25) is 0 Å². The van der Waals surface area contributed by atoms with Crippen LogP contribution in [0.25, 0.3) is 0 Å². The molecule has 1 aromatic rings. The van der Waals surface area contributed by atoms with Crippen molar-refractivity contribution in [3.63, 3.8) is 0 Å². The number of nitrogens with zero attached hydrogens (tertiary/aromatic N) is 2. The molecule has 1 heterocycles. The van der Waals surface area contributed by atoms with Gasteiger partial charge in [0.1, 0.15) is 6.04 Å². The van der Waals surface area contributed by atoms with E-state index in [1.54, 1.807) is 4.90 Å². The summed E-state index contributed by atoms with van der Waals surface area (Å²) in [5.41, 5.74) is 2.22. The number of rotatable bonds is 1. The average molecular weight is 323 g/mol. The Morgan fingerprint density at radius 2 is 1.89 bits per heavy atom. The third-order valence-electron chi connectivity index (χ3n) is 4.40. The number of hydrogen-bond donors (Lipinski definition) is 0. The lowest BCUT2D eigenvalue weighted by Gasteiger charge is -2.43. The van der Waals surface area contributed by atoms with Gasteiger partial charge in [-0.15, -0.1) is 0 Å². The monoisotopic (exact) mass is 322 g/mol. The van der Waals surface area contributed by atoms with Gasteiger partial charge in [-0.05, 0) is 38.0 Å². The van der Waals surface area contributed by atoms with Crippen LogP contribution >= 0.6 is 15.9 Å². The van der Waals surface area contributed by atoms with Crippen molar-refractivity contribution >= 4 is 33.2 Å². The topological polar surface area (TPSA) is 23.6 Å². The second-order valence-electron chi connectivity index (χ2n) is 5.55. The highest BCUT2D eigenvalue weighted by molar-refractivity contribution is 9.10. The van der Waals surface area contributed by atoms with Crippen LogP contribution in [0.5, 0.6) is 0 Å². The molecule has 4 heteroatoms. The van der Waals surface area contributed by atoms with Crippen molar-refractivity contribution in [1.82, 2.24) is 0 Å². The molecule has 1 saturated carbocycles. The molecule has 1 amide bonds. The van der Waals surface area contributed by atoms with Gasteiger partial charge in [-0.3, -0.25) is 4.79 Å². The van der Waals surface area contributed by atoms with E-state index >= 15 is 0 Å². The maximum atomic E-state index is 12.4. The molecule has 1 aromatic carbocycles. The van der Waals surface area contributed by atoms with Gasteiger partial charge in [-0.25, -0.2) is 0 Å². The molecule has 3 nitrogen and oxygen atoms in total. The fraction of sp³-hybridized carbons (Fsp3) is 0.533. The molecule has 1 atom stereocenters. The van der Waals surface area contributed by atoms with E-state index in [-0.39, 0.29) is 11.9 Å². The molecule has 0 unspecified atom stereocenters. The highest BCUT2D eigenvalue weighted by atomic mass is 79.9. The number of halogens is 1. The number of fused-ring (bicyclic) bond motifs is 1. The lowest BCUT2D eigenvalue weighted by Crippen LogP contribution is -2.54. The molecule has 0 aromatic heterocycles. The highest BCUT2D eigenvalue weighted by Gasteiger charge is 2.38. The summed E-state index contributed by atoms with van der Waals surface area (Å²) in [6, 6.07) is 6.64. The Morgan fingerprint density at radius 3 is 2.58 bits per heavy atom. The van der Waals surface area contributed by atoms with Gasteiger partial charge in [0, 0.05) is 17.6 Å². The summed E-state index contributed by atoms with van der Waals surface area (Å²) in [4.78, 5) is 16.5. The zero-order chi connectivity index (χ0) is 13.6. The van der Waals surface area contributed by atoms with E-state index in [0.717, 1.165) is 10.2 Å². The number of anilines is 2. The molecule has 19 heavy (non-hydrogen) atoms. The van der Waals surface area contributed by atoms with E-state index in [4.69, 9.17) is 0 Å². The molecule has 0 spiro atoms. The van der Waals surface area contributed by atoms with Crippen LogP contribution in [0.1, 0.15) is 32.6 Å². The van der Waals surface area contributed by atoms with E-state index in [2.05, 4.69) is 26.9 Å². The molecule has 0 radical (unpaired) electrons. The summed E-state index contributed by atoms with van der Waals surface area (Å²) < 4.78 is 1.07. The molecule has 1 aliphatic carbocycles. The SMILES string of the molecule is C[C@@H]1C(=O)N(C)c2ccc(Br)cc2N1C1CCCC1. The van der Waals surface area contributed by atoms with E-state index in [1.165, 1.54) is 31.4 Å². The van der Waals surface area contributed by atoms with Crippen LogP contribution in [0.15, 0.2) is 22.7 Å². The standard InChI is InChI=1S/C15H19BrN2O/c1-10-15(19)17(2)13-8-7-11(16)9-14(13)18(10)12-5-3-4-6-12/h7-10,12H,3-6H2,1-2H3/t10-/m1/s1. The molecule has 3 rings (SSSR count). The Hall–Kier alpha value is -1.03. The molecule has 1 fully saturated rings. The van der Waals surface area contributed by atoms with Crippen LogP contribution in [0.3, 0.4) is 0 Å². The fourth-order valence-electron chi connectivity index (χ4n) is 3.41. The summed E-state index contributed by atoms with van der Waals surface area (Å²) in [7, 11) is 1.87. The van der Waals surface area contributed by atoms with Crippen LogP contribution in [-0.4, -0.2) is 25.0 Å². The Morgan fingerprint density at radius 1 is 1.21 bits per heavy atom. The average Bonchev–Trinajstić information content (AvgIpc) is 2.90. The number of benzene rings is 1. The highest BCUT2D eigenvalue weighted by Crippen LogP contribution is 2.41. The first-order valence-electron chi connectivity index (χ1n) is 6.95. The molecule has 1 aliphatic heterocycles. The Labute approximate surface area is 122 Å². The predicted molar refractivity (Wildman–Crippen MR) is 81.7 cm³/mol. The van der Waals surface area contributed by atoms with Crippen LogP contribution in [0, 0.1) is 0 Å². The molecular weight excluding hydrogens is 304 g/mol. The number of carbonyl (C=O) groups is 1. The largest absolute Gasteiger partial charge is 0.355 e. The number of hydrogen-bond acceptors (Lipinski definition) is 2. The summed E-state index contributed by atoms with van der Waals surface area (Å²) in [6.45, 7) is 2.03. The first-order valence-corrected chi connectivity index (χ1v) is 7.74. The minimum atomic E-state index is -0.0603. The van der Waals surface area contributed by atoms with Crippen LogP contribution in [-0.2, 0) is 4.79 Å². The van der Waals surface area contributed by atoms with Gasteiger partial charge in [0.05, 0.1) is 11.4 Å². The van der Waals surface area contributed by atoms with E-state index < -0.39 is 0 Å². The van der Waals surface area contributed by atoms with Crippen molar-refractivity contribution < 1.29 is 4.79 Å². The normalized spacial score (nSPS) is 23.9. The lowest BCUT2D eigenvalue weighted by molar-refractivity contribution is -0.119. The van der Waals surface area contributed by atoms with Gasteiger partial charge < -0.3 is 9.80 Å². The Kier molecular flexibility index (Phi) is 3.29. The minimum Gasteiger partial charge on any atom is -0.355 e. The van der Waals surface area contributed by atoms with E-state index in [0.29, 0.717) is 6.04 Å². The Balaban J connectivity index is 2.10. The molecule has 0 N–H and O–H groups in total. The zero-order valence-electron chi connectivity index (χ0n) is 11.4. The van der Waals surface area contributed by atoms with Crippen LogP contribution < -0.4 is 9.80 Å². The number of likely N-dealkylation sites (N-methyl/N-ethyl adjacent to an activating group) is 1. The summed E-state index contributed by atoms with van der Waals surface area (Å²) in [6.07, 6.45) is 4.96. The fourth-order valence-corrected chi connectivity index (χ4v) is 3.76. The third-order valence-corrected chi connectivity index (χ3v) is 4.89. The predicted octanol–water partition coefficient (Wildman–Crippen LogP) is 3.56. The van der Waals surface area contributed by atoms with Crippen molar-refractivity contribution in [2.45, 2.75) is 44.7 Å². The molecule has 0 saturated heterocycles. The van der Waals surface area contributed by atoms with Gasteiger partial charge in [-0.1, -0.05) is 28.8 Å². The lowest BCUT2D eigenvalue weighted by atomic mass is 10.0. The quantitative estimate of drug-likeness (QED) is 0.789. The first-order chi connectivity index (χ1) is 9.09. The Bertz CT molecular complexity index is 511. The third kappa shape index (κ3) is 2.06. The molecular formula is C15H19BrN2O. The summed E-state index contributed by atoms with van der Waals surface area (Å²) in [5.74, 6) is 0.196. The van der Waals surface area contributed by atoms with Gasteiger partial charge in [0.2, 0.25) is 5.91 Å². The first kappa shape index (κ1) is 13.0. The van der Waals surface area contributed by atoms with Crippen molar-refractivity contribution in [2.75, 3.05) is 16.8 Å². The molecule has 0 bridgehead atoms. The summed E-state index contributed by atoms with van der Waals surface area (Å²) in [5, 5.41) is 0. The summed E-state index contributed by atoms with van der Waals surface area (Å²) >= 11 is 3.55. The zero-order valence-corrected chi connectivity index (χ0v) is 13.0. The van der Waals surface area contributed by atoms with Crippen LogP contribution in [0.4, 0.5) is 11.4 Å². The number of amides is 1. The van der Waals surface area contributed by atoms with Crippen molar-refractivity contribution in [3.8, 4) is 0 Å². The van der Waals surface area contributed by atoms with Crippen molar-refractivity contribution in [3.05, 3.63) is 22.7 Å². The van der Waals surface area contributed by atoms with E-state index in [9.17, 15) is 4.79 Å². The second-order valence-corrected chi connectivity index (χ2v) is 6.47.